The molecule has 0 atom stereocenters. The number of nitrogens with one attached hydrogen (secondary N) is 1. The van der Waals surface area contributed by atoms with Crippen LogP contribution in [-0.4, -0.2) is 30.2 Å². The van der Waals surface area contributed by atoms with E-state index >= 15 is 0 Å². The lowest BCUT2D eigenvalue weighted by molar-refractivity contribution is -0.111. The summed E-state index contributed by atoms with van der Waals surface area (Å²) in [5, 5.41) is 6.80. The summed E-state index contributed by atoms with van der Waals surface area (Å²) in [6, 6.07) is 3.63. The summed E-state index contributed by atoms with van der Waals surface area (Å²) in [6.45, 7) is 1.90. The molecule has 1 amide bonds. The summed E-state index contributed by atoms with van der Waals surface area (Å²) in [4.78, 5) is 20.4. The highest BCUT2D eigenvalue weighted by molar-refractivity contribution is 6.01. The number of pyridine rings is 1. The van der Waals surface area contributed by atoms with E-state index in [1.807, 2.05) is 37.0 Å². The number of rotatable bonds is 4. The van der Waals surface area contributed by atoms with Crippen LogP contribution in [0.2, 0.25) is 0 Å². The van der Waals surface area contributed by atoms with Gasteiger partial charge in [-0.1, -0.05) is 0 Å². The Labute approximate surface area is 133 Å². The van der Waals surface area contributed by atoms with E-state index in [1.165, 1.54) is 6.08 Å². The van der Waals surface area contributed by atoms with E-state index in [9.17, 15) is 4.79 Å². The fourth-order valence-corrected chi connectivity index (χ4v) is 2.10. The predicted molar refractivity (Wildman–Crippen MR) is 87.0 cm³/mol. The maximum Gasteiger partial charge on any atom is 0.248 e. The lowest BCUT2D eigenvalue weighted by Gasteiger charge is -2.06. The molecule has 7 nitrogen and oxygen atoms in total. The topological polar surface area (TPSA) is 77.6 Å². The molecular formula is C16H16N6O. The average Bonchev–Trinajstić information content (AvgIpc) is 3.14. The van der Waals surface area contributed by atoms with Gasteiger partial charge in [0.1, 0.15) is 11.6 Å². The zero-order valence-electron chi connectivity index (χ0n) is 12.8. The van der Waals surface area contributed by atoms with Crippen LogP contribution in [0, 0.1) is 6.92 Å². The molecule has 0 saturated carbocycles. The van der Waals surface area contributed by atoms with Crippen molar-refractivity contribution >= 4 is 17.7 Å². The molecule has 0 fully saturated rings. The molecule has 0 saturated heterocycles. The van der Waals surface area contributed by atoms with Crippen molar-refractivity contribution < 1.29 is 4.79 Å². The van der Waals surface area contributed by atoms with E-state index in [-0.39, 0.29) is 5.91 Å². The fourth-order valence-electron chi connectivity index (χ4n) is 2.10. The Hall–Kier alpha value is -3.22. The molecule has 0 bridgehead atoms. The number of carbonyl (C=O) groups is 1. The quantitative estimate of drug-likeness (QED) is 0.747. The fraction of sp³-hybridized carbons (Fsp3) is 0.125. The van der Waals surface area contributed by atoms with Crippen LogP contribution in [0.15, 0.2) is 49.2 Å². The number of carbonyl (C=O) groups excluding carboxylic acids is 1. The number of hydrogen-bond donors (Lipinski definition) is 1. The highest BCUT2D eigenvalue weighted by Gasteiger charge is 2.03. The molecule has 1 N–H and O–H groups in total. The largest absolute Gasteiger partial charge is 0.321 e. The third kappa shape index (κ3) is 3.52. The van der Waals surface area contributed by atoms with Crippen molar-refractivity contribution in [3.63, 3.8) is 0 Å². The van der Waals surface area contributed by atoms with Crippen molar-refractivity contribution in [3.8, 4) is 5.82 Å². The van der Waals surface area contributed by atoms with Crippen LogP contribution in [0.5, 0.6) is 0 Å². The summed E-state index contributed by atoms with van der Waals surface area (Å²) in [5.74, 6) is 1.39. The summed E-state index contributed by atoms with van der Waals surface area (Å²) in [5.41, 5.74) is 1.50. The van der Waals surface area contributed by atoms with E-state index in [2.05, 4.69) is 20.4 Å². The third-order valence-electron chi connectivity index (χ3n) is 3.24. The molecule has 116 valence electrons. The molecule has 0 aliphatic rings. The van der Waals surface area contributed by atoms with E-state index in [0.29, 0.717) is 5.69 Å². The van der Waals surface area contributed by atoms with Crippen LogP contribution in [0.25, 0.3) is 11.9 Å². The van der Waals surface area contributed by atoms with Gasteiger partial charge in [0, 0.05) is 37.3 Å². The van der Waals surface area contributed by atoms with Crippen LogP contribution in [0.3, 0.4) is 0 Å². The molecule has 0 aliphatic carbocycles. The van der Waals surface area contributed by atoms with Crippen LogP contribution < -0.4 is 5.32 Å². The number of aromatic nitrogens is 5. The number of anilines is 1. The van der Waals surface area contributed by atoms with E-state index < -0.39 is 0 Å². The Morgan fingerprint density at radius 3 is 2.74 bits per heavy atom. The van der Waals surface area contributed by atoms with Crippen molar-refractivity contribution in [3.05, 3.63) is 60.6 Å². The molecule has 3 aromatic heterocycles. The summed E-state index contributed by atoms with van der Waals surface area (Å²) in [6.07, 6.45) is 11.9. The van der Waals surface area contributed by atoms with Crippen LogP contribution >= 0.6 is 0 Å². The lowest BCUT2D eigenvalue weighted by atomic mass is 10.3. The van der Waals surface area contributed by atoms with Gasteiger partial charge in [0.2, 0.25) is 5.91 Å². The lowest BCUT2D eigenvalue weighted by Crippen LogP contribution is -2.08. The molecule has 7 heteroatoms. The Kier molecular flexibility index (Phi) is 4.01. The normalized spacial score (nSPS) is 11.0. The zero-order valence-corrected chi connectivity index (χ0v) is 12.8. The number of hydrogen-bond acceptors (Lipinski definition) is 4. The third-order valence-corrected chi connectivity index (χ3v) is 3.24. The van der Waals surface area contributed by atoms with Gasteiger partial charge in [-0.15, -0.1) is 0 Å². The summed E-state index contributed by atoms with van der Waals surface area (Å²) < 4.78 is 3.55. The van der Waals surface area contributed by atoms with E-state index in [0.717, 1.165) is 17.2 Å². The van der Waals surface area contributed by atoms with Gasteiger partial charge < -0.3 is 5.32 Å². The average molecular weight is 308 g/mol. The van der Waals surface area contributed by atoms with E-state index in [4.69, 9.17) is 0 Å². The standard InChI is InChI=1S/C16H16N6O/c1-12-17-7-8-22(12)15-5-4-14(10-18-15)20-16(23)6-3-13-9-19-21(2)11-13/h3-11H,1-2H3,(H,20,23)/b6-3+. The molecule has 0 spiro atoms. The molecule has 23 heavy (non-hydrogen) atoms. The minimum Gasteiger partial charge on any atom is -0.321 e. The van der Waals surface area contributed by atoms with Crippen LogP contribution in [-0.2, 0) is 11.8 Å². The van der Waals surface area contributed by atoms with Crippen molar-refractivity contribution in [1.82, 2.24) is 24.3 Å². The molecule has 3 rings (SSSR count). The van der Waals surface area contributed by atoms with Gasteiger partial charge >= 0.3 is 0 Å². The van der Waals surface area contributed by atoms with Gasteiger partial charge in [0.05, 0.1) is 18.1 Å². The van der Waals surface area contributed by atoms with Gasteiger partial charge in [-0.25, -0.2) is 9.97 Å². The van der Waals surface area contributed by atoms with Crippen molar-refractivity contribution in [2.75, 3.05) is 5.32 Å². The Bertz CT molecular complexity index is 844. The maximum absolute atomic E-state index is 11.9. The second-order valence-electron chi connectivity index (χ2n) is 5.02. The first-order valence-corrected chi connectivity index (χ1v) is 7.06. The molecule has 0 radical (unpaired) electrons. The van der Waals surface area contributed by atoms with Crippen LogP contribution in [0.1, 0.15) is 11.4 Å². The monoisotopic (exact) mass is 308 g/mol. The maximum atomic E-state index is 11.9. The molecule has 0 aromatic carbocycles. The SMILES string of the molecule is Cc1nccn1-c1ccc(NC(=O)/C=C/c2cnn(C)c2)cn1. The molecule has 0 aliphatic heterocycles. The number of imidazole rings is 1. The predicted octanol–water partition coefficient (Wildman–Crippen LogP) is 1.96. The Balaban J connectivity index is 1.65. The number of aryl methyl sites for hydroxylation is 2. The van der Waals surface area contributed by atoms with Gasteiger partial charge in [-0.05, 0) is 25.1 Å². The highest BCUT2D eigenvalue weighted by atomic mass is 16.1. The Morgan fingerprint density at radius 1 is 1.26 bits per heavy atom. The number of nitrogens with zero attached hydrogens (tertiary/aromatic N) is 5. The molecular weight excluding hydrogens is 292 g/mol. The van der Waals surface area contributed by atoms with Gasteiger partial charge in [-0.2, -0.15) is 5.10 Å². The van der Waals surface area contributed by atoms with Crippen molar-refractivity contribution in [2.24, 2.45) is 7.05 Å². The van der Waals surface area contributed by atoms with Crippen molar-refractivity contribution in [1.29, 1.82) is 0 Å². The minimum atomic E-state index is -0.220. The van der Waals surface area contributed by atoms with Crippen molar-refractivity contribution in [2.45, 2.75) is 6.92 Å². The molecule has 0 unspecified atom stereocenters. The second kappa shape index (κ2) is 6.27. The molecule has 3 heterocycles. The van der Waals surface area contributed by atoms with Gasteiger partial charge in [0.15, 0.2) is 0 Å². The van der Waals surface area contributed by atoms with Gasteiger partial charge in [0.25, 0.3) is 0 Å². The summed E-state index contributed by atoms with van der Waals surface area (Å²) >= 11 is 0. The molecule has 3 aromatic rings. The zero-order chi connectivity index (χ0) is 16.2. The number of amides is 1. The van der Waals surface area contributed by atoms with Gasteiger partial charge in [-0.3, -0.25) is 14.0 Å². The highest BCUT2D eigenvalue weighted by Crippen LogP contribution is 2.11. The summed E-state index contributed by atoms with van der Waals surface area (Å²) in [7, 11) is 1.83. The first-order valence-electron chi connectivity index (χ1n) is 7.06. The second-order valence-corrected chi connectivity index (χ2v) is 5.02. The van der Waals surface area contributed by atoms with Crippen LogP contribution in [0.4, 0.5) is 5.69 Å². The first kappa shape index (κ1) is 14.7. The Morgan fingerprint density at radius 2 is 2.13 bits per heavy atom. The smallest absolute Gasteiger partial charge is 0.248 e. The van der Waals surface area contributed by atoms with E-state index in [1.54, 1.807) is 35.4 Å². The first-order chi connectivity index (χ1) is 11.1. The minimum absolute atomic E-state index is 0.220.